The lowest BCUT2D eigenvalue weighted by Gasteiger charge is -2.21. The lowest BCUT2D eigenvalue weighted by atomic mass is 10.0. The molecule has 1 aromatic heterocycles. The molecule has 0 spiro atoms. The fourth-order valence-corrected chi connectivity index (χ4v) is 2.34. The van der Waals surface area contributed by atoms with Gasteiger partial charge in [-0.1, -0.05) is 6.07 Å². The SMILES string of the molecule is CC(C)(C)OC(=O)Nc1ncccc1CNC1COCC1CO. The van der Waals surface area contributed by atoms with E-state index in [1.165, 1.54) is 0 Å². The number of nitrogens with zero attached hydrogens (tertiary/aromatic N) is 1. The molecule has 2 heterocycles. The number of hydrogen-bond acceptors (Lipinski definition) is 6. The fraction of sp³-hybridized carbons (Fsp3) is 0.625. The molecule has 0 aliphatic carbocycles. The van der Waals surface area contributed by atoms with Crippen LogP contribution in [0.3, 0.4) is 0 Å². The Balaban J connectivity index is 1.96. The highest BCUT2D eigenvalue weighted by Crippen LogP contribution is 2.17. The molecule has 0 saturated carbocycles. The Kier molecular flexibility index (Phi) is 5.92. The second-order valence-corrected chi connectivity index (χ2v) is 6.61. The Morgan fingerprint density at radius 3 is 2.96 bits per heavy atom. The molecule has 1 aliphatic rings. The van der Waals surface area contributed by atoms with Crippen molar-refractivity contribution in [3.05, 3.63) is 23.9 Å². The maximum absolute atomic E-state index is 11.9. The van der Waals surface area contributed by atoms with Crippen molar-refractivity contribution in [3.8, 4) is 0 Å². The van der Waals surface area contributed by atoms with Crippen LogP contribution in [-0.4, -0.2) is 47.6 Å². The molecule has 1 aliphatic heterocycles. The second-order valence-electron chi connectivity index (χ2n) is 6.61. The molecule has 2 rings (SSSR count). The van der Waals surface area contributed by atoms with Gasteiger partial charge in [-0.05, 0) is 26.8 Å². The number of hydrogen-bond donors (Lipinski definition) is 3. The summed E-state index contributed by atoms with van der Waals surface area (Å²) in [6.07, 6.45) is 1.08. The summed E-state index contributed by atoms with van der Waals surface area (Å²) in [4.78, 5) is 16.1. The third-order valence-corrected chi connectivity index (χ3v) is 3.50. The second kappa shape index (κ2) is 7.72. The number of carbonyl (C=O) groups excluding carboxylic acids is 1. The molecule has 1 aromatic rings. The first kappa shape index (κ1) is 17.7. The van der Waals surface area contributed by atoms with Crippen molar-refractivity contribution in [2.75, 3.05) is 25.1 Å². The Morgan fingerprint density at radius 2 is 2.26 bits per heavy atom. The van der Waals surface area contributed by atoms with E-state index < -0.39 is 11.7 Å². The van der Waals surface area contributed by atoms with E-state index in [2.05, 4.69) is 15.6 Å². The highest BCUT2D eigenvalue weighted by atomic mass is 16.6. The molecule has 1 amide bonds. The maximum Gasteiger partial charge on any atom is 0.413 e. The Hall–Kier alpha value is -1.70. The summed E-state index contributed by atoms with van der Waals surface area (Å²) in [6, 6.07) is 3.79. The minimum absolute atomic E-state index is 0.0910. The standard InChI is InChI=1S/C16H25N3O4/c1-16(2,3)23-15(21)19-14-11(5-4-6-17-14)7-18-13-10-22-9-12(13)8-20/h4-6,12-13,18,20H,7-10H2,1-3H3,(H,17,19,21). The number of aliphatic hydroxyl groups is 1. The quantitative estimate of drug-likeness (QED) is 0.761. The Labute approximate surface area is 136 Å². The van der Waals surface area contributed by atoms with Gasteiger partial charge in [-0.2, -0.15) is 0 Å². The number of aromatic nitrogens is 1. The van der Waals surface area contributed by atoms with E-state index in [4.69, 9.17) is 9.47 Å². The van der Waals surface area contributed by atoms with Crippen molar-refractivity contribution in [2.24, 2.45) is 5.92 Å². The molecule has 0 bridgehead atoms. The molecular weight excluding hydrogens is 298 g/mol. The molecule has 128 valence electrons. The van der Waals surface area contributed by atoms with Crippen LogP contribution in [0.1, 0.15) is 26.3 Å². The zero-order valence-corrected chi connectivity index (χ0v) is 13.8. The smallest absolute Gasteiger partial charge is 0.413 e. The molecule has 2 unspecified atom stereocenters. The highest BCUT2D eigenvalue weighted by Gasteiger charge is 2.27. The molecule has 1 saturated heterocycles. The summed E-state index contributed by atoms with van der Waals surface area (Å²) >= 11 is 0. The van der Waals surface area contributed by atoms with E-state index in [9.17, 15) is 9.90 Å². The average molecular weight is 323 g/mol. The summed E-state index contributed by atoms with van der Waals surface area (Å²) in [6.45, 7) is 7.16. The zero-order chi connectivity index (χ0) is 16.9. The largest absolute Gasteiger partial charge is 0.444 e. The first-order valence-electron chi connectivity index (χ1n) is 7.75. The third kappa shape index (κ3) is 5.46. The molecule has 0 radical (unpaired) electrons. The molecule has 7 heteroatoms. The van der Waals surface area contributed by atoms with E-state index in [0.717, 1.165) is 5.56 Å². The summed E-state index contributed by atoms with van der Waals surface area (Å²) in [7, 11) is 0. The van der Waals surface area contributed by atoms with E-state index >= 15 is 0 Å². The minimum atomic E-state index is -0.563. The minimum Gasteiger partial charge on any atom is -0.444 e. The molecule has 0 aromatic carbocycles. The summed E-state index contributed by atoms with van der Waals surface area (Å²) in [5.74, 6) is 0.558. The maximum atomic E-state index is 11.9. The first-order valence-corrected chi connectivity index (χ1v) is 7.75. The van der Waals surface area contributed by atoms with Crippen molar-refractivity contribution in [1.29, 1.82) is 0 Å². The number of anilines is 1. The van der Waals surface area contributed by atoms with Gasteiger partial charge in [0, 0.05) is 36.9 Å². The lowest BCUT2D eigenvalue weighted by molar-refractivity contribution is 0.0635. The number of aliphatic hydroxyl groups excluding tert-OH is 1. The van der Waals surface area contributed by atoms with Gasteiger partial charge in [0.15, 0.2) is 0 Å². The fourth-order valence-electron chi connectivity index (χ4n) is 2.34. The van der Waals surface area contributed by atoms with E-state index in [-0.39, 0.29) is 18.6 Å². The van der Waals surface area contributed by atoms with Crippen LogP contribution < -0.4 is 10.6 Å². The molecule has 1 fully saturated rings. The topological polar surface area (TPSA) is 92.7 Å². The molecule has 2 atom stereocenters. The Morgan fingerprint density at radius 1 is 1.48 bits per heavy atom. The monoisotopic (exact) mass is 323 g/mol. The highest BCUT2D eigenvalue weighted by molar-refractivity contribution is 5.84. The van der Waals surface area contributed by atoms with Crippen molar-refractivity contribution < 1.29 is 19.4 Å². The van der Waals surface area contributed by atoms with Crippen LogP contribution in [0.2, 0.25) is 0 Å². The number of nitrogens with one attached hydrogen (secondary N) is 2. The van der Waals surface area contributed by atoms with Gasteiger partial charge < -0.3 is 19.9 Å². The van der Waals surface area contributed by atoms with Crippen molar-refractivity contribution in [2.45, 2.75) is 39.0 Å². The molecule has 23 heavy (non-hydrogen) atoms. The number of rotatable bonds is 5. The van der Waals surface area contributed by atoms with E-state index in [0.29, 0.717) is 25.6 Å². The number of carbonyl (C=O) groups is 1. The summed E-state index contributed by atoms with van der Waals surface area (Å²) < 4.78 is 10.6. The van der Waals surface area contributed by atoms with Crippen LogP contribution in [0.4, 0.5) is 10.6 Å². The van der Waals surface area contributed by atoms with Crippen molar-refractivity contribution in [1.82, 2.24) is 10.3 Å². The van der Waals surface area contributed by atoms with E-state index in [1.54, 1.807) is 6.20 Å². The van der Waals surface area contributed by atoms with Crippen LogP contribution >= 0.6 is 0 Å². The first-order chi connectivity index (χ1) is 10.9. The van der Waals surface area contributed by atoms with Gasteiger partial charge in [0.1, 0.15) is 11.4 Å². The van der Waals surface area contributed by atoms with Crippen LogP contribution in [0, 0.1) is 5.92 Å². The van der Waals surface area contributed by atoms with Gasteiger partial charge in [0.25, 0.3) is 0 Å². The van der Waals surface area contributed by atoms with Crippen LogP contribution in [0.25, 0.3) is 0 Å². The van der Waals surface area contributed by atoms with Gasteiger partial charge in [-0.25, -0.2) is 9.78 Å². The van der Waals surface area contributed by atoms with Crippen molar-refractivity contribution in [3.63, 3.8) is 0 Å². The van der Waals surface area contributed by atoms with Gasteiger partial charge in [0.2, 0.25) is 0 Å². The summed E-state index contributed by atoms with van der Waals surface area (Å²) in [5.41, 5.74) is 0.286. The number of pyridine rings is 1. The van der Waals surface area contributed by atoms with Gasteiger partial charge >= 0.3 is 6.09 Å². The molecular formula is C16H25N3O4. The van der Waals surface area contributed by atoms with Gasteiger partial charge in [-0.15, -0.1) is 0 Å². The number of ether oxygens (including phenoxy) is 2. The summed E-state index contributed by atoms with van der Waals surface area (Å²) in [5, 5.41) is 15.3. The normalized spacial score (nSPS) is 21.2. The third-order valence-electron chi connectivity index (χ3n) is 3.50. The molecule has 7 nitrogen and oxygen atoms in total. The van der Waals surface area contributed by atoms with Crippen LogP contribution in [-0.2, 0) is 16.0 Å². The van der Waals surface area contributed by atoms with Crippen LogP contribution in [0.5, 0.6) is 0 Å². The zero-order valence-electron chi connectivity index (χ0n) is 13.8. The van der Waals surface area contributed by atoms with Crippen molar-refractivity contribution >= 4 is 11.9 Å². The van der Waals surface area contributed by atoms with Gasteiger partial charge in [-0.3, -0.25) is 5.32 Å². The predicted octanol–water partition coefficient (Wildman–Crippen LogP) is 1.53. The lowest BCUT2D eigenvalue weighted by Crippen LogP contribution is -2.37. The average Bonchev–Trinajstić information content (AvgIpc) is 2.91. The van der Waals surface area contributed by atoms with Crippen LogP contribution in [0.15, 0.2) is 18.3 Å². The Bertz CT molecular complexity index is 530. The van der Waals surface area contributed by atoms with E-state index in [1.807, 2.05) is 32.9 Å². The number of amides is 1. The van der Waals surface area contributed by atoms with Gasteiger partial charge in [0.05, 0.1) is 13.2 Å². The predicted molar refractivity (Wildman–Crippen MR) is 86.1 cm³/mol. The molecule has 3 N–H and O–H groups in total.